The highest BCUT2D eigenvalue weighted by Crippen LogP contribution is 2.37. The van der Waals surface area contributed by atoms with Gasteiger partial charge in [-0.25, -0.2) is 0 Å². The molecule has 0 amide bonds. The van der Waals surface area contributed by atoms with Gasteiger partial charge in [-0.2, -0.15) is 0 Å². The SMILES string of the molecule is Cc1c(CCC2(N)CC2)[nH]c2ccc(O)cc12. The van der Waals surface area contributed by atoms with E-state index in [0.29, 0.717) is 5.75 Å². The molecule has 1 aromatic carbocycles. The van der Waals surface area contributed by atoms with Crippen molar-refractivity contribution in [2.75, 3.05) is 0 Å². The van der Waals surface area contributed by atoms with E-state index in [4.69, 9.17) is 5.73 Å². The third-order valence-electron chi connectivity index (χ3n) is 3.91. The van der Waals surface area contributed by atoms with E-state index >= 15 is 0 Å². The van der Waals surface area contributed by atoms with E-state index in [0.717, 1.165) is 36.6 Å². The molecule has 0 spiro atoms. The summed E-state index contributed by atoms with van der Waals surface area (Å²) in [5, 5.41) is 10.6. The summed E-state index contributed by atoms with van der Waals surface area (Å²) in [5.74, 6) is 0.323. The molecule has 17 heavy (non-hydrogen) atoms. The predicted molar refractivity (Wildman–Crippen MR) is 69.2 cm³/mol. The molecule has 1 aromatic heterocycles. The molecule has 4 N–H and O–H groups in total. The standard InChI is InChI=1S/C14H18N2O/c1-9-11-8-10(17)2-3-13(11)16-12(9)4-5-14(15)6-7-14/h2-3,8,16-17H,4-7,15H2,1H3. The molecule has 90 valence electrons. The van der Waals surface area contributed by atoms with Crippen molar-refractivity contribution in [2.24, 2.45) is 5.73 Å². The van der Waals surface area contributed by atoms with Crippen molar-refractivity contribution < 1.29 is 5.11 Å². The van der Waals surface area contributed by atoms with Gasteiger partial charge in [-0.05, 0) is 56.4 Å². The maximum absolute atomic E-state index is 9.50. The van der Waals surface area contributed by atoms with Crippen LogP contribution < -0.4 is 5.73 Å². The second-order valence-corrected chi connectivity index (χ2v) is 5.32. The van der Waals surface area contributed by atoms with Gasteiger partial charge in [0.15, 0.2) is 0 Å². The van der Waals surface area contributed by atoms with Gasteiger partial charge >= 0.3 is 0 Å². The number of rotatable bonds is 3. The van der Waals surface area contributed by atoms with Gasteiger partial charge in [-0.1, -0.05) is 0 Å². The molecule has 1 saturated carbocycles. The number of nitrogens with two attached hydrogens (primary N) is 1. The number of aromatic hydroxyl groups is 1. The quantitative estimate of drug-likeness (QED) is 0.759. The largest absolute Gasteiger partial charge is 0.508 e. The minimum absolute atomic E-state index is 0.103. The van der Waals surface area contributed by atoms with E-state index in [1.54, 1.807) is 6.07 Å². The van der Waals surface area contributed by atoms with Gasteiger partial charge in [0.05, 0.1) is 0 Å². The lowest BCUT2D eigenvalue weighted by Crippen LogP contribution is -2.22. The monoisotopic (exact) mass is 230 g/mol. The van der Waals surface area contributed by atoms with E-state index in [9.17, 15) is 5.11 Å². The Kier molecular flexibility index (Phi) is 2.20. The lowest BCUT2D eigenvalue weighted by atomic mass is 10.1. The van der Waals surface area contributed by atoms with Crippen LogP contribution in [0.1, 0.15) is 30.5 Å². The van der Waals surface area contributed by atoms with Crippen molar-refractivity contribution >= 4 is 10.9 Å². The van der Waals surface area contributed by atoms with E-state index in [-0.39, 0.29) is 5.54 Å². The summed E-state index contributed by atoms with van der Waals surface area (Å²) in [7, 11) is 0. The van der Waals surface area contributed by atoms with E-state index in [1.807, 2.05) is 12.1 Å². The smallest absolute Gasteiger partial charge is 0.116 e. The molecule has 0 radical (unpaired) electrons. The average Bonchev–Trinajstić information content (AvgIpc) is 2.95. The van der Waals surface area contributed by atoms with Gasteiger partial charge in [-0.15, -0.1) is 0 Å². The van der Waals surface area contributed by atoms with Crippen LogP contribution in [-0.4, -0.2) is 15.6 Å². The van der Waals surface area contributed by atoms with Gasteiger partial charge in [0.1, 0.15) is 5.75 Å². The van der Waals surface area contributed by atoms with Crippen LogP contribution in [0, 0.1) is 6.92 Å². The van der Waals surface area contributed by atoms with Crippen LogP contribution in [0.3, 0.4) is 0 Å². The Morgan fingerprint density at radius 2 is 2.18 bits per heavy atom. The molecule has 3 nitrogen and oxygen atoms in total. The number of aromatic nitrogens is 1. The second-order valence-electron chi connectivity index (χ2n) is 5.32. The fraction of sp³-hybridized carbons (Fsp3) is 0.429. The molecule has 1 aliphatic carbocycles. The molecule has 3 heteroatoms. The molecule has 1 aliphatic rings. The van der Waals surface area contributed by atoms with Gasteiger partial charge in [0.2, 0.25) is 0 Å². The fourth-order valence-corrected chi connectivity index (χ4v) is 2.40. The van der Waals surface area contributed by atoms with E-state index < -0.39 is 0 Å². The van der Waals surface area contributed by atoms with Gasteiger partial charge in [0, 0.05) is 22.1 Å². The molecule has 0 atom stereocenters. The molecular formula is C14H18N2O. The normalized spacial score (nSPS) is 17.5. The summed E-state index contributed by atoms with van der Waals surface area (Å²) in [6, 6.07) is 5.46. The van der Waals surface area contributed by atoms with E-state index in [2.05, 4.69) is 11.9 Å². The summed E-state index contributed by atoms with van der Waals surface area (Å²) in [6.45, 7) is 2.10. The number of aromatic amines is 1. The first kappa shape index (κ1) is 10.7. The van der Waals surface area contributed by atoms with Crippen molar-refractivity contribution in [3.05, 3.63) is 29.5 Å². The number of benzene rings is 1. The first-order valence-electron chi connectivity index (χ1n) is 6.16. The molecule has 1 fully saturated rings. The lowest BCUT2D eigenvalue weighted by Gasteiger charge is -2.07. The maximum Gasteiger partial charge on any atom is 0.116 e. The molecule has 0 unspecified atom stereocenters. The van der Waals surface area contributed by atoms with Crippen LogP contribution in [0.2, 0.25) is 0 Å². The lowest BCUT2D eigenvalue weighted by molar-refractivity contribution is 0.476. The number of phenolic OH excluding ortho intramolecular Hbond substituents is 1. The van der Waals surface area contributed by atoms with Crippen LogP contribution in [0.25, 0.3) is 10.9 Å². The molecular weight excluding hydrogens is 212 g/mol. The highest BCUT2D eigenvalue weighted by molar-refractivity contribution is 5.85. The van der Waals surface area contributed by atoms with Crippen molar-refractivity contribution in [2.45, 2.75) is 38.1 Å². The van der Waals surface area contributed by atoms with Gasteiger partial charge < -0.3 is 15.8 Å². The summed E-state index contributed by atoms with van der Waals surface area (Å²) in [6.07, 6.45) is 4.37. The van der Waals surface area contributed by atoms with Crippen molar-refractivity contribution in [1.29, 1.82) is 0 Å². The summed E-state index contributed by atoms with van der Waals surface area (Å²) >= 11 is 0. The third-order valence-corrected chi connectivity index (χ3v) is 3.91. The maximum atomic E-state index is 9.50. The Bertz CT molecular complexity index is 567. The molecule has 3 rings (SSSR count). The summed E-state index contributed by atoms with van der Waals surface area (Å²) in [4.78, 5) is 3.42. The number of fused-ring (bicyclic) bond motifs is 1. The highest BCUT2D eigenvalue weighted by Gasteiger charge is 2.37. The Labute approximate surface area is 101 Å². The van der Waals surface area contributed by atoms with Crippen molar-refractivity contribution in [1.82, 2.24) is 4.98 Å². The van der Waals surface area contributed by atoms with Crippen molar-refractivity contribution in [3.63, 3.8) is 0 Å². The summed E-state index contributed by atoms with van der Waals surface area (Å²) in [5.41, 5.74) is 9.80. The minimum Gasteiger partial charge on any atom is -0.508 e. The Hall–Kier alpha value is -1.48. The topological polar surface area (TPSA) is 62.0 Å². The predicted octanol–water partition coefficient (Wildman–Crippen LogP) is 2.61. The summed E-state index contributed by atoms with van der Waals surface area (Å²) < 4.78 is 0. The zero-order valence-corrected chi connectivity index (χ0v) is 10.1. The Balaban J connectivity index is 1.91. The van der Waals surface area contributed by atoms with Crippen molar-refractivity contribution in [3.8, 4) is 5.75 Å². The molecule has 0 saturated heterocycles. The third kappa shape index (κ3) is 1.91. The fourth-order valence-electron chi connectivity index (χ4n) is 2.40. The number of aryl methyl sites for hydroxylation is 2. The first-order chi connectivity index (χ1) is 8.07. The van der Waals surface area contributed by atoms with Gasteiger partial charge in [0.25, 0.3) is 0 Å². The van der Waals surface area contributed by atoms with Gasteiger partial charge in [-0.3, -0.25) is 0 Å². The molecule has 0 bridgehead atoms. The number of H-pyrrole nitrogens is 1. The highest BCUT2D eigenvalue weighted by atomic mass is 16.3. The Morgan fingerprint density at radius 3 is 2.88 bits per heavy atom. The minimum atomic E-state index is 0.103. The van der Waals surface area contributed by atoms with E-state index in [1.165, 1.54) is 11.3 Å². The van der Waals surface area contributed by atoms with Crippen LogP contribution in [0.4, 0.5) is 0 Å². The first-order valence-corrected chi connectivity index (χ1v) is 6.16. The number of nitrogens with one attached hydrogen (secondary N) is 1. The Morgan fingerprint density at radius 1 is 1.41 bits per heavy atom. The number of phenols is 1. The van der Waals surface area contributed by atoms with Crippen LogP contribution in [0.15, 0.2) is 18.2 Å². The number of hydrogen-bond acceptors (Lipinski definition) is 2. The molecule has 2 aromatic rings. The van der Waals surface area contributed by atoms with Crippen LogP contribution >= 0.6 is 0 Å². The zero-order chi connectivity index (χ0) is 12.0. The molecule has 0 aliphatic heterocycles. The average molecular weight is 230 g/mol. The second kappa shape index (κ2) is 3.50. The number of hydrogen-bond donors (Lipinski definition) is 3. The van der Waals surface area contributed by atoms with Crippen LogP contribution in [0.5, 0.6) is 5.75 Å². The zero-order valence-electron chi connectivity index (χ0n) is 10.1. The molecule has 1 heterocycles. The van der Waals surface area contributed by atoms with Crippen LogP contribution in [-0.2, 0) is 6.42 Å².